The maximum absolute atomic E-state index is 10.8. The van der Waals surface area contributed by atoms with Crippen LogP contribution >= 0.6 is 0 Å². The highest BCUT2D eigenvalue weighted by molar-refractivity contribution is 5.90. The van der Waals surface area contributed by atoms with Crippen LogP contribution in [0.25, 0.3) is 0 Å². The van der Waals surface area contributed by atoms with Gasteiger partial charge in [-0.25, -0.2) is 4.79 Å². The fourth-order valence-electron chi connectivity index (χ4n) is 1.70. The third-order valence-corrected chi connectivity index (χ3v) is 2.31. The van der Waals surface area contributed by atoms with Crippen LogP contribution in [-0.2, 0) is 0 Å². The van der Waals surface area contributed by atoms with Crippen LogP contribution < -0.4 is 10.6 Å². The van der Waals surface area contributed by atoms with Crippen LogP contribution in [0.15, 0.2) is 18.2 Å². The van der Waals surface area contributed by atoms with Gasteiger partial charge in [-0.2, -0.15) is 0 Å². The van der Waals surface area contributed by atoms with Crippen LogP contribution in [0.4, 0.5) is 11.4 Å². The number of benzene rings is 1. The van der Waals surface area contributed by atoms with Crippen molar-refractivity contribution in [3.8, 4) is 0 Å². The summed E-state index contributed by atoms with van der Waals surface area (Å²) in [5.74, 6) is -1.01. The zero-order valence-electron chi connectivity index (χ0n) is 10.3. The smallest absolute Gasteiger partial charge is 0.335 e. The monoisotopic (exact) mass is 238 g/mol. The molecule has 17 heavy (non-hydrogen) atoms. The van der Waals surface area contributed by atoms with Gasteiger partial charge in [0.1, 0.15) is 0 Å². The lowest BCUT2D eigenvalue weighted by molar-refractivity contribution is 0.0696. The van der Waals surface area contributed by atoms with Crippen molar-refractivity contribution in [2.24, 2.45) is 0 Å². The first-order chi connectivity index (χ1) is 7.70. The SMILES string of the molecule is CN(CC(C)(C)O)c1ccc(C(=O)O)cc1N. The van der Waals surface area contributed by atoms with Crippen molar-refractivity contribution < 1.29 is 15.0 Å². The number of nitrogens with two attached hydrogens (primary N) is 1. The quantitative estimate of drug-likeness (QED) is 0.685. The first kappa shape index (κ1) is 13.3. The molecule has 0 radical (unpaired) electrons. The number of aromatic carboxylic acids is 1. The van der Waals surface area contributed by atoms with Gasteiger partial charge >= 0.3 is 5.97 Å². The molecule has 1 rings (SSSR count). The predicted octanol–water partition coefficient (Wildman–Crippen LogP) is 1.17. The molecule has 4 N–H and O–H groups in total. The van der Waals surface area contributed by atoms with E-state index in [1.54, 1.807) is 31.9 Å². The number of nitrogens with zero attached hydrogens (tertiary/aromatic N) is 1. The van der Waals surface area contributed by atoms with Crippen molar-refractivity contribution in [2.45, 2.75) is 19.4 Å². The number of carboxylic acid groups (broad SMARTS) is 1. The summed E-state index contributed by atoms with van der Waals surface area (Å²) >= 11 is 0. The summed E-state index contributed by atoms with van der Waals surface area (Å²) in [5, 5.41) is 18.5. The van der Waals surface area contributed by atoms with Crippen molar-refractivity contribution in [3.63, 3.8) is 0 Å². The third-order valence-electron chi connectivity index (χ3n) is 2.31. The van der Waals surface area contributed by atoms with Crippen molar-refractivity contribution in [3.05, 3.63) is 23.8 Å². The molecule has 5 nitrogen and oxygen atoms in total. The van der Waals surface area contributed by atoms with Crippen LogP contribution in [0.5, 0.6) is 0 Å². The van der Waals surface area contributed by atoms with Gasteiger partial charge in [0.05, 0.1) is 22.5 Å². The second-order valence-electron chi connectivity index (χ2n) is 4.75. The van der Waals surface area contributed by atoms with Crippen LogP contribution in [0.3, 0.4) is 0 Å². The van der Waals surface area contributed by atoms with E-state index in [0.29, 0.717) is 17.9 Å². The standard InChI is InChI=1S/C12H18N2O3/c1-12(2,17)7-14(3)10-5-4-8(11(15)16)6-9(10)13/h4-6,17H,7,13H2,1-3H3,(H,15,16). The number of carboxylic acids is 1. The Labute approximate surface area is 100 Å². The van der Waals surface area contributed by atoms with Crippen LogP contribution in [-0.4, -0.2) is 35.4 Å². The minimum Gasteiger partial charge on any atom is -0.478 e. The summed E-state index contributed by atoms with van der Waals surface area (Å²) in [7, 11) is 1.80. The number of anilines is 2. The van der Waals surface area contributed by atoms with Crippen LogP contribution in [0, 0.1) is 0 Å². The fourth-order valence-corrected chi connectivity index (χ4v) is 1.70. The number of rotatable bonds is 4. The zero-order chi connectivity index (χ0) is 13.2. The summed E-state index contributed by atoms with van der Waals surface area (Å²) in [5.41, 5.74) is 6.20. The molecule has 0 fully saturated rings. The Bertz CT molecular complexity index is 424. The molecule has 0 aliphatic carbocycles. The molecule has 0 bridgehead atoms. The fraction of sp³-hybridized carbons (Fsp3) is 0.417. The van der Waals surface area contributed by atoms with Gasteiger partial charge in [-0.3, -0.25) is 0 Å². The minimum atomic E-state index is -1.01. The molecule has 1 aromatic carbocycles. The Hall–Kier alpha value is -1.75. The van der Waals surface area contributed by atoms with E-state index in [9.17, 15) is 9.90 Å². The van der Waals surface area contributed by atoms with Crippen molar-refractivity contribution >= 4 is 17.3 Å². The molecule has 0 atom stereocenters. The molecule has 5 heteroatoms. The lowest BCUT2D eigenvalue weighted by Gasteiger charge is -2.28. The molecule has 0 saturated carbocycles. The molecule has 0 unspecified atom stereocenters. The molecule has 0 aromatic heterocycles. The Kier molecular flexibility index (Phi) is 3.63. The highest BCUT2D eigenvalue weighted by atomic mass is 16.4. The maximum Gasteiger partial charge on any atom is 0.335 e. The van der Waals surface area contributed by atoms with Gasteiger partial charge in [-0.1, -0.05) is 0 Å². The molecule has 0 saturated heterocycles. The number of aliphatic hydroxyl groups is 1. The molecular weight excluding hydrogens is 220 g/mol. The molecule has 0 spiro atoms. The second-order valence-corrected chi connectivity index (χ2v) is 4.75. The normalized spacial score (nSPS) is 11.3. The Morgan fingerprint density at radius 1 is 1.47 bits per heavy atom. The lowest BCUT2D eigenvalue weighted by Crippen LogP contribution is -2.36. The summed E-state index contributed by atoms with van der Waals surface area (Å²) < 4.78 is 0. The number of likely N-dealkylation sites (N-methyl/N-ethyl adjacent to an activating group) is 1. The van der Waals surface area contributed by atoms with Crippen LogP contribution in [0.1, 0.15) is 24.2 Å². The van der Waals surface area contributed by atoms with Gasteiger partial charge in [0.2, 0.25) is 0 Å². The average molecular weight is 238 g/mol. The molecule has 0 heterocycles. The van der Waals surface area contributed by atoms with E-state index in [1.807, 2.05) is 0 Å². The van der Waals surface area contributed by atoms with Gasteiger partial charge in [0.25, 0.3) is 0 Å². The van der Waals surface area contributed by atoms with E-state index in [1.165, 1.54) is 12.1 Å². The summed E-state index contributed by atoms with van der Waals surface area (Å²) in [4.78, 5) is 12.5. The number of hydrogen-bond acceptors (Lipinski definition) is 4. The van der Waals surface area contributed by atoms with Crippen molar-refractivity contribution in [1.82, 2.24) is 0 Å². The van der Waals surface area contributed by atoms with E-state index < -0.39 is 11.6 Å². The molecule has 0 aliphatic rings. The van der Waals surface area contributed by atoms with Crippen molar-refractivity contribution in [1.29, 1.82) is 0 Å². The second kappa shape index (κ2) is 4.63. The topological polar surface area (TPSA) is 86.8 Å². The highest BCUT2D eigenvalue weighted by Crippen LogP contribution is 2.24. The molecule has 94 valence electrons. The van der Waals surface area contributed by atoms with Gasteiger partial charge in [-0.15, -0.1) is 0 Å². The van der Waals surface area contributed by atoms with E-state index in [4.69, 9.17) is 10.8 Å². The highest BCUT2D eigenvalue weighted by Gasteiger charge is 2.17. The molecule has 0 amide bonds. The first-order valence-corrected chi connectivity index (χ1v) is 5.27. The average Bonchev–Trinajstić information content (AvgIpc) is 2.14. The zero-order valence-corrected chi connectivity index (χ0v) is 10.3. The van der Waals surface area contributed by atoms with Gasteiger partial charge < -0.3 is 20.8 Å². The summed E-state index contributed by atoms with van der Waals surface area (Å²) in [6, 6.07) is 4.55. The van der Waals surface area contributed by atoms with Gasteiger partial charge in [-0.05, 0) is 32.0 Å². The van der Waals surface area contributed by atoms with E-state index in [2.05, 4.69) is 0 Å². The first-order valence-electron chi connectivity index (χ1n) is 5.27. The Morgan fingerprint density at radius 3 is 2.47 bits per heavy atom. The van der Waals surface area contributed by atoms with Gasteiger partial charge in [0, 0.05) is 13.6 Å². The van der Waals surface area contributed by atoms with Crippen LogP contribution in [0.2, 0.25) is 0 Å². The largest absolute Gasteiger partial charge is 0.478 e. The van der Waals surface area contributed by atoms with Gasteiger partial charge in [0.15, 0.2) is 0 Å². The number of nitrogen functional groups attached to an aromatic ring is 1. The maximum atomic E-state index is 10.8. The molecular formula is C12H18N2O3. The summed E-state index contributed by atoms with van der Waals surface area (Å²) in [6.45, 7) is 3.81. The molecule has 0 aliphatic heterocycles. The predicted molar refractivity (Wildman–Crippen MR) is 67.4 cm³/mol. The molecule has 1 aromatic rings. The van der Waals surface area contributed by atoms with E-state index in [0.717, 1.165) is 0 Å². The Balaban J connectivity index is 2.96. The van der Waals surface area contributed by atoms with E-state index >= 15 is 0 Å². The lowest BCUT2D eigenvalue weighted by atomic mass is 10.1. The number of carbonyl (C=O) groups is 1. The summed E-state index contributed by atoms with van der Waals surface area (Å²) in [6.07, 6.45) is 0. The third kappa shape index (κ3) is 3.64. The van der Waals surface area contributed by atoms with Crippen molar-refractivity contribution in [2.75, 3.05) is 24.2 Å². The Morgan fingerprint density at radius 2 is 2.06 bits per heavy atom. The minimum absolute atomic E-state index is 0.155. The van der Waals surface area contributed by atoms with E-state index in [-0.39, 0.29) is 5.56 Å². The number of hydrogen-bond donors (Lipinski definition) is 3.